The molecule has 0 aromatic heterocycles. The van der Waals surface area contributed by atoms with Gasteiger partial charge in [-0.05, 0) is 48.5 Å². The first kappa shape index (κ1) is 35.0. The minimum Gasteiger partial charge on any atom is -0.549 e. The van der Waals surface area contributed by atoms with Crippen LogP contribution in [-0.4, -0.2) is 127 Å². The first-order valence-electron chi connectivity index (χ1n) is 12.4. The summed E-state index contributed by atoms with van der Waals surface area (Å²) in [5.41, 5.74) is -0.974. The Labute approximate surface area is 232 Å². The van der Waals surface area contributed by atoms with Crippen molar-refractivity contribution in [2.45, 2.75) is 59.7 Å². The largest absolute Gasteiger partial charge is 1.00 e. The second-order valence-corrected chi connectivity index (χ2v) is 10.7. The molecule has 2 rings (SSSR count). The van der Waals surface area contributed by atoms with Gasteiger partial charge in [-0.15, -0.1) is 0 Å². The van der Waals surface area contributed by atoms with E-state index in [0.29, 0.717) is 59.0 Å². The van der Waals surface area contributed by atoms with E-state index >= 15 is 0 Å². The zero-order chi connectivity index (χ0) is 27.5. The molecule has 2 aliphatic heterocycles. The van der Waals surface area contributed by atoms with Crippen LogP contribution in [0, 0.1) is 0 Å². The second-order valence-electron chi connectivity index (χ2n) is 10.7. The summed E-state index contributed by atoms with van der Waals surface area (Å²) in [5.74, 6) is -1.30. The van der Waals surface area contributed by atoms with Crippen LogP contribution in [0.25, 0.3) is 0 Å². The van der Waals surface area contributed by atoms with Gasteiger partial charge in [-0.1, -0.05) is 0 Å². The van der Waals surface area contributed by atoms with Crippen LogP contribution in [0.15, 0.2) is 0 Å². The fraction of sp³-hybridized carbons (Fsp3) is 0.833. The Balaban J connectivity index is 0.000000686. The molecule has 208 valence electrons. The fourth-order valence-electron chi connectivity index (χ4n) is 3.40. The SMILES string of the molecule is CC(C)(C)OC(=O)N1CCN(CC(=O)[O-])CC1.CCOC(=O)CN1CCN(C(=O)OC(C)(C)C)CC1.[Li+]. The summed E-state index contributed by atoms with van der Waals surface area (Å²) >= 11 is 0. The predicted molar refractivity (Wildman–Crippen MR) is 130 cm³/mol. The van der Waals surface area contributed by atoms with Crippen molar-refractivity contribution in [3.05, 3.63) is 0 Å². The molecule has 0 unspecified atom stereocenters. The van der Waals surface area contributed by atoms with Crippen molar-refractivity contribution < 1.29 is 57.4 Å². The standard InChI is InChI=1S/C13H24N2O4.C11H20N2O4.Li/c1-5-18-11(16)10-14-6-8-15(9-7-14)12(17)19-13(2,3)4;1-11(2,3)17-10(16)13-6-4-12(5-7-13)8-9(14)15;/h5-10H2,1-4H3;4-8H2,1-3H3,(H,14,15);/q;;+1/p-1. The molecule has 2 saturated heterocycles. The van der Waals surface area contributed by atoms with Gasteiger partial charge in [-0.3, -0.25) is 14.6 Å². The van der Waals surface area contributed by atoms with Gasteiger partial charge < -0.3 is 33.9 Å². The third-order valence-electron chi connectivity index (χ3n) is 5.06. The number of carboxylic acids is 1. The number of esters is 1. The third-order valence-corrected chi connectivity index (χ3v) is 5.06. The summed E-state index contributed by atoms with van der Waals surface area (Å²) < 4.78 is 15.4. The van der Waals surface area contributed by atoms with E-state index in [1.165, 1.54) is 0 Å². The van der Waals surface area contributed by atoms with Crippen LogP contribution in [0.4, 0.5) is 9.59 Å². The quantitative estimate of drug-likeness (QED) is 0.215. The summed E-state index contributed by atoms with van der Waals surface area (Å²) in [6, 6.07) is 0. The van der Waals surface area contributed by atoms with Crippen LogP contribution >= 0.6 is 0 Å². The Morgan fingerprint density at radius 1 is 0.676 bits per heavy atom. The van der Waals surface area contributed by atoms with E-state index < -0.39 is 17.2 Å². The number of rotatable bonds is 5. The van der Waals surface area contributed by atoms with Gasteiger partial charge >= 0.3 is 37.0 Å². The summed E-state index contributed by atoms with van der Waals surface area (Å²) in [4.78, 5) is 52.3. The van der Waals surface area contributed by atoms with Crippen LogP contribution in [-0.2, 0) is 23.8 Å². The summed E-state index contributed by atoms with van der Waals surface area (Å²) in [5, 5.41) is 10.4. The molecule has 2 amide bonds. The zero-order valence-corrected chi connectivity index (χ0v) is 23.8. The van der Waals surface area contributed by atoms with Crippen molar-refractivity contribution in [2.75, 3.05) is 72.1 Å². The van der Waals surface area contributed by atoms with E-state index in [9.17, 15) is 24.3 Å². The Kier molecular flexibility index (Phi) is 15.2. The summed E-state index contributed by atoms with van der Waals surface area (Å²) in [7, 11) is 0. The number of hydrogen-bond donors (Lipinski definition) is 0. The van der Waals surface area contributed by atoms with E-state index in [-0.39, 0.29) is 50.1 Å². The molecule has 12 nitrogen and oxygen atoms in total. The number of carboxylic acid groups (broad SMARTS) is 1. The van der Waals surface area contributed by atoms with Crippen molar-refractivity contribution in [1.29, 1.82) is 0 Å². The van der Waals surface area contributed by atoms with Gasteiger partial charge in [-0.2, -0.15) is 0 Å². The van der Waals surface area contributed by atoms with E-state index in [0.717, 1.165) is 0 Å². The van der Waals surface area contributed by atoms with E-state index in [1.54, 1.807) is 21.6 Å². The molecule has 0 spiro atoms. The van der Waals surface area contributed by atoms with Gasteiger partial charge in [0, 0.05) is 58.9 Å². The van der Waals surface area contributed by atoms with Gasteiger partial charge in [0.1, 0.15) is 11.2 Å². The molecule has 13 heteroatoms. The molecule has 0 aromatic carbocycles. The molecule has 0 bridgehead atoms. The molecule has 2 aliphatic rings. The first-order valence-corrected chi connectivity index (χ1v) is 12.4. The molecule has 2 fully saturated rings. The Morgan fingerprint density at radius 3 is 1.32 bits per heavy atom. The van der Waals surface area contributed by atoms with Gasteiger partial charge in [0.25, 0.3) is 0 Å². The Morgan fingerprint density at radius 2 is 1.03 bits per heavy atom. The van der Waals surface area contributed by atoms with E-state index in [1.807, 2.05) is 46.4 Å². The van der Waals surface area contributed by atoms with Gasteiger partial charge in [-0.25, -0.2) is 9.59 Å². The number of ether oxygens (including phenoxy) is 3. The third kappa shape index (κ3) is 15.8. The molecule has 2 heterocycles. The van der Waals surface area contributed by atoms with Crippen molar-refractivity contribution >= 4 is 24.1 Å². The van der Waals surface area contributed by atoms with Crippen LogP contribution < -0.4 is 24.0 Å². The molecule has 37 heavy (non-hydrogen) atoms. The number of carbonyl (C=O) groups is 4. The smallest absolute Gasteiger partial charge is 0.549 e. The predicted octanol–water partition coefficient (Wildman–Crippen LogP) is -2.60. The normalized spacial score (nSPS) is 17.1. The summed E-state index contributed by atoms with van der Waals surface area (Å²) in [6.07, 6.45) is -0.631. The van der Waals surface area contributed by atoms with Crippen LogP contribution in [0.1, 0.15) is 48.5 Å². The second kappa shape index (κ2) is 16.1. The molecule has 0 aliphatic carbocycles. The topological polar surface area (TPSA) is 132 Å². The van der Waals surface area contributed by atoms with Crippen molar-refractivity contribution in [3.8, 4) is 0 Å². The van der Waals surface area contributed by atoms with Crippen LogP contribution in [0.5, 0.6) is 0 Å². The monoisotopic (exact) mass is 522 g/mol. The van der Waals surface area contributed by atoms with Gasteiger partial charge in [0.2, 0.25) is 0 Å². The molecule has 0 aromatic rings. The molecular weight excluding hydrogens is 479 g/mol. The Hall–Kier alpha value is -2.00. The molecule has 0 N–H and O–H groups in total. The molecular formula is C24H43LiN4O8. The maximum atomic E-state index is 11.8. The van der Waals surface area contributed by atoms with Gasteiger partial charge in [0.05, 0.1) is 19.1 Å². The minimum atomic E-state index is -1.09. The fourth-order valence-corrected chi connectivity index (χ4v) is 3.40. The van der Waals surface area contributed by atoms with Crippen LogP contribution in [0.2, 0.25) is 0 Å². The van der Waals surface area contributed by atoms with Crippen molar-refractivity contribution in [3.63, 3.8) is 0 Å². The maximum Gasteiger partial charge on any atom is 1.00 e. The minimum absolute atomic E-state index is 0. The van der Waals surface area contributed by atoms with Crippen molar-refractivity contribution in [2.24, 2.45) is 0 Å². The zero-order valence-electron chi connectivity index (χ0n) is 23.8. The van der Waals surface area contributed by atoms with E-state index in [2.05, 4.69) is 0 Å². The number of piperazine rings is 2. The number of carbonyl (C=O) groups excluding carboxylic acids is 4. The Bertz CT molecular complexity index is 738. The summed E-state index contributed by atoms with van der Waals surface area (Å²) in [6.45, 7) is 17.9. The van der Waals surface area contributed by atoms with Gasteiger partial charge in [0.15, 0.2) is 0 Å². The molecule has 0 atom stereocenters. The molecule has 0 saturated carbocycles. The average Bonchev–Trinajstić information content (AvgIpc) is 2.72. The average molecular weight is 523 g/mol. The van der Waals surface area contributed by atoms with Crippen LogP contribution in [0.3, 0.4) is 0 Å². The number of hydrogen-bond acceptors (Lipinski definition) is 10. The number of amides is 2. The molecule has 0 radical (unpaired) electrons. The number of aliphatic carboxylic acids is 1. The first-order chi connectivity index (χ1) is 16.6. The van der Waals surface area contributed by atoms with Crippen molar-refractivity contribution in [1.82, 2.24) is 19.6 Å². The number of nitrogens with zero attached hydrogens (tertiary/aromatic N) is 4. The maximum absolute atomic E-state index is 11.8. The van der Waals surface area contributed by atoms with E-state index in [4.69, 9.17) is 14.2 Å².